The molecule has 0 amide bonds. The molecule has 1 rings (SSSR count). The van der Waals surface area contributed by atoms with Crippen LogP contribution in [0.4, 0.5) is 13.2 Å². The zero-order valence-corrected chi connectivity index (χ0v) is 15.0. The maximum absolute atomic E-state index is 12.3. The van der Waals surface area contributed by atoms with Crippen molar-refractivity contribution in [3.05, 3.63) is 29.8 Å². The van der Waals surface area contributed by atoms with E-state index < -0.39 is 27.7 Å². The van der Waals surface area contributed by atoms with E-state index in [1.165, 1.54) is 0 Å². The fourth-order valence-corrected chi connectivity index (χ4v) is 2.63. The Labute approximate surface area is 150 Å². The van der Waals surface area contributed by atoms with Gasteiger partial charge < -0.3 is 9.84 Å². The molecule has 0 aromatic heterocycles. The number of hydrogen-bond acceptors (Lipinski definition) is 5. The summed E-state index contributed by atoms with van der Waals surface area (Å²) in [6.45, 7) is 2.59. The van der Waals surface area contributed by atoms with Gasteiger partial charge in [-0.05, 0) is 43.4 Å². The first-order chi connectivity index (χ1) is 12.1. The molecule has 0 heterocycles. The predicted molar refractivity (Wildman–Crippen MR) is 87.3 cm³/mol. The van der Waals surface area contributed by atoms with Gasteiger partial charge in [0.15, 0.2) is 6.10 Å². The van der Waals surface area contributed by atoms with Crippen LogP contribution in [-0.4, -0.2) is 37.7 Å². The molecule has 148 valence electrons. The van der Waals surface area contributed by atoms with E-state index >= 15 is 0 Å². The molecule has 26 heavy (non-hydrogen) atoms. The van der Waals surface area contributed by atoms with Crippen LogP contribution in [0.2, 0.25) is 0 Å². The number of carboxylic acid groups (broad SMARTS) is 1. The van der Waals surface area contributed by atoms with E-state index in [1.54, 1.807) is 24.3 Å². The zero-order valence-electron chi connectivity index (χ0n) is 14.2. The molecular weight excluding hydrogens is 377 g/mol. The Balaban J connectivity index is 2.61. The molecule has 1 N–H and O–H groups in total. The Kier molecular flexibility index (Phi) is 8.35. The molecular formula is C16H21F3O6S. The zero-order chi connectivity index (χ0) is 19.8. The number of hydrogen-bond donors (Lipinski definition) is 1. The summed E-state index contributed by atoms with van der Waals surface area (Å²) >= 11 is 0. The minimum Gasteiger partial charge on any atom is -0.494 e. The lowest BCUT2D eigenvalue weighted by Crippen LogP contribution is -2.34. The molecule has 0 unspecified atom stereocenters. The standard InChI is InChI=1S/C16H21F3O6S/c1-2-3-10-24-13-8-4-6-12(11-13)7-5-9-14(15(20)21)25-26(22,23)16(17,18)19/h4,6,8,11,14H,2-3,5,7,9-10H2,1H3,(H,20,21)/t14-/m1/s1. The molecule has 6 nitrogen and oxygen atoms in total. The van der Waals surface area contributed by atoms with Crippen molar-refractivity contribution in [2.45, 2.75) is 50.6 Å². The Morgan fingerprint density at radius 1 is 1.27 bits per heavy atom. The predicted octanol–water partition coefficient (Wildman–Crippen LogP) is 3.51. The van der Waals surface area contributed by atoms with Gasteiger partial charge in [0.25, 0.3) is 0 Å². The minimum atomic E-state index is -5.96. The van der Waals surface area contributed by atoms with Crippen LogP contribution >= 0.6 is 0 Å². The second kappa shape index (κ2) is 9.77. The maximum atomic E-state index is 12.3. The smallest absolute Gasteiger partial charge is 0.494 e. The van der Waals surface area contributed by atoms with Gasteiger partial charge in [0.05, 0.1) is 6.61 Å². The van der Waals surface area contributed by atoms with Crippen LogP contribution in [-0.2, 0) is 25.5 Å². The number of aryl methyl sites for hydroxylation is 1. The van der Waals surface area contributed by atoms with E-state index in [0.717, 1.165) is 18.4 Å². The van der Waals surface area contributed by atoms with Crippen LogP contribution < -0.4 is 4.74 Å². The van der Waals surface area contributed by atoms with Gasteiger partial charge in [-0.15, -0.1) is 0 Å². The number of rotatable bonds is 11. The largest absolute Gasteiger partial charge is 0.523 e. The molecule has 0 aliphatic carbocycles. The van der Waals surface area contributed by atoms with E-state index in [4.69, 9.17) is 9.84 Å². The van der Waals surface area contributed by atoms with Crippen LogP contribution in [0.3, 0.4) is 0 Å². The van der Waals surface area contributed by atoms with Crippen LogP contribution in [0.25, 0.3) is 0 Å². The van der Waals surface area contributed by atoms with Crippen molar-refractivity contribution in [1.29, 1.82) is 0 Å². The Bertz CT molecular complexity index is 687. The van der Waals surface area contributed by atoms with Crippen molar-refractivity contribution in [2.75, 3.05) is 6.61 Å². The first-order valence-electron chi connectivity index (χ1n) is 8.01. The number of benzene rings is 1. The monoisotopic (exact) mass is 398 g/mol. The highest BCUT2D eigenvalue weighted by Gasteiger charge is 2.49. The molecule has 0 bridgehead atoms. The molecule has 0 saturated heterocycles. The Hall–Kier alpha value is -1.81. The number of carbonyl (C=O) groups is 1. The Morgan fingerprint density at radius 3 is 2.54 bits per heavy atom. The average Bonchev–Trinajstić information content (AvgIpc) is 2.53. The normalized spacial score (nSPS) is 13.4. The van der Waals surface area contributed by atoms with Gasteiger partial charge >= 0.3 is 21.6 Å². The summed E-state index contributed by atoms with van der Waals surface area (Å²) in [7, 11) is -5.96. The second-order valence-corrected chi connectivity index (χ2v) is 7.13. The molecule has 1 aromatic rings. The molecule has 1 aromatic carbocycles. The number of alkyl halides is 3. The van der Waals surface area contributed by atoms with E-state index in [9.17, 15) is 26.4 Å². The quantitative estimate of drug-likeness (QED) is 0.349. The van der Waals surface area contributed by atoms with Crippen LogP contribution in [0.15, 0.2) is 24.3 Å². The topological polar surface area (TPSA) is 89.9 Å². The van der Waals surface area contributed by atoms with E-state index in [1.807, 2.05) is 6.92 Å². The van der Waals surface area contributed by atoms with Crippen LogP contribution in [0.5, 0.6) is 5.75 Å². The van der Waals surface area contributed by atoms with E-state index in [0.29, 0.717) is 18.8 Å². The van der Waals surface area contributed by atoms with E-state index in [2.05, 4.69) is 4.18 Å². The number of unbranched alkanes of at least 4 members (excludes halogenated alkanes) is 1. The third kappa shape index (κ3) is 7.20. The first kappa shape index (κ1) is 22.2. The van der Waals surface area contributed by atoms with Crippen molar-refractivity contribution in [3.8, 4) is 5.75 Å². The SMILES string of the molecule is CCCCOc1cccc(CCC[C@@H](OS(=O)(=O)C(F)(F)F)C(=O)O)c1. The van der Waals surface area contributed by atoms with Gasteiger partial charge in [-0.2, -0.15) is 21.6 Å². The maximum Gasteiger partial charge on any atom is 0.523 e. The molecule has 0 radical (unpaired) electrons. The number of aliphatic carboxylic acids is 1. The van der Waals surface area contributed by atoms with Gasteiger partial charge in [0.2, 0.25) is 0 Å². The lowest BCUT2D eigenvalue weighted by molar-refractivity contribution is -0.146. The molecule has 0 saturated carbocycles. The minimum absolute atomic E-state index is 0.128. The number of halogens is 3. The third-order valence-corrected chi connectivity index (χ3v) is 4.45. The highest BCUT2D eigenvalue weighted by Crippen LogP contribution is 2.27. The van der Waals surface area contributed by atoms with Crippen molar-refractivity contribution in [1.82, 2.24) is 0 Å². The fraction of sp³-hybridized carbons (Fsp3) is 0.562. The van der Waals surface area contributed by atoms with Crippen LogP contribution in [0, 0.1) is 0 Å². The molecule has 0 aliphatic rings. The van der Waals surface area contributed by atoms with Gasteiger partial charge in [-0.1, -0.05) is 25.5 Å². The highest BCUT2D eigenvalue weighted by molar-refractivity contribution is 7.87. The third-order valence-electron chi connectivity index (χ3n) is 3.40. The van der Waals surface area contributed by atoms with Gasteiger partial charge in [-0.25, -0.2) is 8.98 Å². The van der Waals surface area contributed by atoms with Crippen molar-refractivity contribution in [3.63, 3.8) is 0 Å². The van der Waals surface area contributed by atoms with Gasteiger partial charge in [0.1, 0.15) is 5.75 Å². The first-order valence-corrected chi connectivity index (χ1v) is 9.41. The number of carboxylic acids is 1. The average molecular weight is 398 g/mol. The summed E-state index contributed by atoms with van der Waals surface area (Å²) in [5.74, 6) is -1.13. The number of ether oxygens (including phenoxy) is 1. The van der Waals surface area contributed by atoms with E-state index in [-0.39, 0.29) is 12.8 Å². The van der Waals surface area contributed by atoms with Gasteiger partial charge in [-0.3, -0.25) is 0 Å². The Morgan fingerprint density at radius 2 is 1.96 bits per heavy atom. The molecule has 0 fully saturated rings. The van der Waals surface area contributed by atoms with Crippen LogP contribution in [0.1, 0.15) is 38.2 Å². The highest BCUT2D eigenvalue weighted by atomic mass is 32.2. The fourth-order valence-electron chi connectivity index (χ4n) is 2.04. The summed E-state index contributed by atoms with van der Waals surface area (Å²) in [5, 5.41) is 8.89. The summed E-state index contributed by atoms with van der Waals surface area (Å²) in [6.07, 6.45) is -0.129. The van der Waals surface area contributed by atoms with Crippen molar-refractivity contribution < 1.29 is 40.4 Å². The summed E-state index contributed by atoms with van der Waals surface area (Å²) in [6, 6.07) is 7.02. The summed E-state index contributed by atoms with van der Waals surface area (Å²) in [5.41, 5.74) is -4.87. The molecule has 0 spiro atoms. The molecule has 10 heteroatoms. The lowest BCUT2D eigenvalue weighted by atomic mass is 10.1. The van der Waals surface area contributed by atoms with Gasteiger partial charge in [0, 0.05) is 0 Å². The molecule has 0 aliphatic heterocycles. The molecule has 1 atom stereocenters. The van der Waals surface area contributed by atoms with Crippen molar-refractivity contribution >= 4 is 16.1 Å². The summed E-state index contributed by atoms with van der Waals surface area (Å²) in [4.78, 5) is 11.0. The lowest BCUT2D eigenvalue weighted by Gasteiger charge is -2.15. The second-order valence-electron chi connectivity index (χ2n) is 5.56. The van der Waals surface area contributed by atoms with Crippen molar-refractivity contribution in [2.24, 2.45) is 0 Å². The summed E-state index contributed by atoms with van der Waals surface area (Å²) < 4.78 is 68.1.